The molecule has 82 valence electrons. The van der Waals surface area contributed by atoms with Crippen molar-refractivity contribution in [2.75, 3.05) is 6.61 Å². The predicted molar refractivity (Wildman–Crippen MR) is 54.8 cm³/mol. The highest BCUT2D eigenvalue weighted by Crippen LogP contribution is 2.16. The van der Waals surface area contributed by atoms with Gasteiger partial charge < -0.3 is 10.4 Å². The summed E-state index contributed by atoms with van der Waals surface area (Å²) in [5.74, 6) is -0.519. The quantitative estimate of drug-likeness (QED) is 0.791. The first-order valence-corrected chi connectivity index (χ1v) is 4.68. The van der Waals surface area contributed by atoms with Crippen LogP contribution in [0.3, 0.4) is 0 Å². The summed E-state index contributed by atoms with van der Waals surface area (Å²) in [5, 5.41) is 11.7. The van der Waals surface area contributed by atoms with Crippen molar-refractivity contribution in [2.24, 2.45) is 0 Å². The SMILES string of the molecule is CC(=O)NC(CO)c1ccc(F)c(C)c1. The Kier molecular flexibility index (Phi) is 3.80. The van der Waals surface area contributed by atoms with Gasteiger partial charge in [0, 0.05) is 6.92 Å². The van der Waals surface area contributed by atoms with E-state index in [2.05, 4.69) is 5.32 Å². The molecule has 0 bridgehead atoms. The molecule has 0 aliphatic rings. The Morgan fingerprint density at radius 2 is 2.27 bits per heavy atom. The molecule has 0 saturated heterocycles. The Morgan fingerprint density at radius 3 is 2.73 bits per heavy atom. The number of nitrogens with one attached hydrogen (secondary N) is 1. The molecule has 0 heterocycles. The van der Waals surface area contributed by atoms with E-state index in [0.717, 1.165) is 0 Å². The molecular weight excluding hydrogens is 197 g/mol. The lowest BCUT2D eigenvalue weighted by Gasteiger charge is -2.16. The molecule has 1 rings (SSSR count). The normalized spacial score (nSPS) is 12.3. The molecule has 4 heteroatoms. The van der Waals surface area contributed by atoms with Gasteiger partial charge in [-0.05, 0) is 24.1 Å². The number of rotatable bonds is 3. The smallest absolute Gasteiger partial charge is 0.217 e. The molecule has 0 aliphatic carbocycles. The molecule has 15 heavy (non-hydrogen) atoms. The Hall–Kier alpha value is -1.42. The molecule has 1 aromatic rings. The molecule has 0 aliphatic heterocycles. The molecule has 0 radical (unpaired) electrons. The van der Waals surface area contributed by atoms with Crippen molar-refractivity contribution in [3.05, 3.63) is 35.1 Å². The van der Waals surface area contributed by atoms with Crippen LogP contribution in [0.1, 0.15) is 24.1 Å². The predicted octanol–water partition coefficient (Wildman–Crippen LogP) is 1.30. The maximum atomic E-state index is 13.0. The fourth-order valence-corrected chi connectivity index (χ4v) is 1.36. The van der Waals surface area contributed by atoms with Crippen molar-refractivity contribution in [3.8, 4) is 0 Å². The number of aliphatic hydroxyl groups excluding tert-OH is 1. The Labute approximate surface area is 87.9 Å². The molecule has 1 aromatic carbocycles. The Morgan fingerprint density at radius 1 is 1.60 bits per heavy atom. The average molecular weight is 211 g/mol. The molecule has 1 amide bonds. The Bertz CT molecular complexity index is 366. The lowest BCUT2D eigenvalue weighted by Crippen LogP contribution is -2.28. The number of aliphatic hydroxyl groups is 1. The molecule has 0 spiro atoms. The molecule has 0 saturated carbocycles. The van der Waals surface area contributed by atoms with Crippen LogP contribution in [-0.4, -0.2) is 17.6 Å². The number of hydrogen-bond acceptors (Lipinski definition) is 2. The third-order valence-corrected chi connectivity index (χ3v) is 2.14. The Balaban J connectivity index is 2.92. The van der Waals surface area contributed by atoms with E-state index in [1.807, 2.05) is 0 Å². The third kappa shape index (κ3) is 3.02. The van der Waals surface area contributed by atoms with Crippen LogP contribution in [0.5, 0.6) is 0 Å². The summed E-state index contributed by atoms with van der Waals surface area (Å²) in [6.45, 7) is 2.81. The standard InChI is InChI=1S/C11H14FNO2/c1-7-5-9(3-4-10(7)12)11(6-14)13-8(2)15/h3-5,11,14H,6H2,1-2H3,(H,13,15). The van der Waals surface area contributed by atoms with Crippen LogP contribution in [0.15, 0.2) is 18.2 Å². The molecule has 3 nitrogen and oxygen atoms in total. The third-order valence-electron chi connectivity index (χ3n) is 2.14. The topological polar surface area (TPSA) is 49.3 Å². The maximum absolute atomic E-state index is 13.0. The first-order chi connectivity index (χ1) is 7.04. The van der Waals surface area contributed by atoms with Gasteiger partial charge in [-0.2, -0.15) is 0 Å². The second-order valence-electron chi connectivity index (χ2n) is 3.44. The highest BCUT2D eigenvalue weighted by Gasteiger charge is 2.12. The number of aryl methyl sites for hydroxylation is 1. The van der Waals surface area contributed by atoms with Gasteiger partial charge >= 0.3 is 0 Å². The highest BCUT2D eigenvalue weighted by atomic mass is 19.1. The van der Waals surface area contributed by atoms with Gasteiger partial charge in [0.05, 0.1) is 12.6 Å². The lowest BCUT2D eigenvalue weighted by atomic mass is 10.0. The maximum Gasteiger partial charge on any atom is 0.217 e. The van der Waals surface area contributed by atoms with Crippen molar-refractivity contribution < 1.29 is 14.3 Å². The van der Waals surface area contributed by atoms with Crippen LogP contribution in [0.25, 0.3) is 0 Å². The number of benzene rings is 1. The van der Waals surface area contributed by atoms with Crippen LogP contribution in [0.4, 0.5) is 4.39 Å². The van der Waals surface area contributed by atoms with Gasteiger partial charge in [0.25, 0.3) is 0 Å². The molecule has 1 atom stereocenters. The largest absolute Gasteiger partial charge is 0.394 e. The highest BCUT2D eigenvalue weighted by molar-refractivity contribution is 5.73. The zero-order valence-corrected chi connectivity index (χ0v) is 8.75. The first kappa shape index (κ1) is 11.7. The zero-order valence-electron chi connectivity index (χ0n) is 8.75. The van der Waals surface area contributed by atoms with Crippen LogP contribution < -0.4 is 5.32 Å². The van der Waals surface area contributed by atoms with Crippen molar-refractivity contribution in [3.63, 3.8) is 0 Å². The van der Waals surface area contributed by atoms with Crippen LogP contribution in [0, 0.1) is 12.7 Å². The van der Waals surface area contributed by atoms with Gasteiger partial charge in [-0.15, -0.1) is 0 Å². The van der Waals surface area contributed by atoms with Crippen molar-refractivity contribution in [2.45, 2.75) is 19.9 Å². The van der Waals surface area contributed by atoms with E-state index in [1.165, 1.54) is 13.0 Å². The van der Waals surface area contributed by atoms with Crippen LogP contribution >= 0.6 is 0 Å². The second-order valence-corrected chi connectivity index (χ2v) is 3.44. The summed E-state index contributed by atoms with van der Waals surface area (Å²) in [4.78, 5) is 10.8. The molecule has 0 fully saturated rings. The molecule has 2 N–H and O–H groups in total. The molecular formula is C11H14FNO2. The fourth-order valence-electron chi connectivity index (χ4n) is 1.36. The number of halogens is 1. The van der Waals surface area contributed by atoms with E-state index in [1.54, 1.807) is 19.1 Å². The van der Waals surface area contributed by atoms with Crippen molar-refractivity contribution in [1.82, 2.24) is 5.32 Å². The van der Waals surface area contributed by atoms with Gasteiger partial charge in [0.1, 0.15) is 5.82 Å². The summed E-state index contributed by atoms with van der Waals surface area (Å²) >= 11 is 0. The van der Waals surface area contributed by atoms with E-state index in [-0.39, 0.29) is 18.3 Å². The van der Waals surface area contributed by atoms with E-state index >= 15 is 0 Å². The summed E-state index contributed by atoms with van der Waals surface area (Å²) in [7, 11) is 0. The van der Waals surface area contributed by atoms with Gasteiger partial charge in [-0.3, -0.25) is 4.79 Å². The summed E-state index contributed by atoms with van der Waals surface area (Å²) < 4.78 is 13.0. The monoisotopic (exact) mass is 211 g/mol. The minimum Gasteiger partial charge on any atom is -0.394 e. The minimum absolute atomic E-state index is 0.204. The summed E-state index contributed by atoms with van der Waals surface area (Å²) in [6, 6.07) is 4.03. The first-order valence-electron chi connectivity index (χ1n) is 4.68. The van der Waals surface area contributed by atoms with Gasteiger partial charge in [0.2, 0.25) is 5.91 Å². The lowest BCUT2D eigenvalue weighted by molar-refractivity contribution is -0.120. The fraction of sp³-hybridized carbons (Fsp3) is 0.364. The molecule has 1 unspecified atom stereocenters. The van der Waals surface area contributed by atoms with E-state index in [9.17, 15) is 9.18 Å². The average Bonchev–Trinajstić information content (AvgIpc) is 2.18. The van der Waals surface area contributed by atoms with Gasteiger partial charge in [0.15, 0.2) is 0 Å². The van der Waals surface area contributed by atoms with Gasteiger partial charge in [-0.1, -0.05) is 12.1 Å². The minimum atomic E-state index is -0.471. The van der Waals surface area contributed by atoms with Crippen LogP contribution in [-0.2, 0) is 4.79 Å². The number of amides is 1. The van der Waals surface area contributed by atoms with E-state index < -0.39 is 6.04 Å². The number of carbonyl (C=O) groups excluding carboxylic acids is 1. The van der Waals surface area contributed by atoms with Crippen LogP contribution in [0.2, 0.25) is 0 Å². The van der Waals surface area contributed by atoms with E-state index in [4.69, 9.17) is 5.11 Å². The number of hydrogen-bond donors (Lipinski definition) is 2. The van der Waals surface area contributed by atoms with Crippen molar-refractivity contribution in [1.29, 1.82) is 0 Å². The zero-order chi connectivity index (χ0) is 11.4. The van der Waals surface area contributed by atoms with Gasteiger partial charge in [-0.25, -0.2) is 4.39 Å². The summed E-state index contributed by atoms with van der Waals surface area (Å²) in [6.07, 6.45) is 0. The second kappa shape index (κ2) is 4.89. The van der Waals surface area contributed by atoms with E-state index in [0.29, 0.717) is 11.1 Å². The molecule has 0 aromatic heterocycles. The number of carbonyl (C=O) groups is 1. The summed E-state index contributed by atoms with van der Waals surface area (Å²) in [5.41, 5.74) is 1.20. The van der Waals surface area contributed by atoms with Crippen molar-refractivity contribution >= 4 is 5.91 Å².